The van der Waals surface area contributed by atoms with E-state index in [0.29, 0.717) is 24.9 Å². The van der Waals surface area contributed by atoms with E-state index in [1.54, 1.807) is 12.1 Å². The molecule has 0 spiro atoms. The van der Waals surface area contributed by atoms with E-state index in [4.69, 9.17) is 15.0 Å². The summed E-state index contributed by atoms with van der Waals surface area (Å²) < 4.78 is 23.7. The van der Waals surface area contributed by atoms with Gasteiger partial charge in [0.25, 0.3) is 0 Å². The molecule has 1 aromatic heterocycles. The summed E-state index contributed by atoms with van der Waals surface area (Å²) in [5.41, 5.74) is 6.41. The molecule has 0 bridgehead atoms. The SMILES string of the molecule is CC(C)(c1ccc(F)cc1)c1noc(C2COCC2N)n1. The lowest BCUT2D eigenvalue weighted by Crippen LogP contribution is -2.27. The van der Waals surface area contributed by atoms with Crippen LogP contribution >= 0.6 is 0 Å². The first-order valence-electron chi connectivity index (χ1n) is 6.92. The van der Waals surface area contributed by atoms with Crippen LogP contribution in [0.15, 0.2) is 28.8 Å². The zero-order valence-electron chi connectivity index (χ0n) is 12.0. The van der Waals surface area contributed by atoms with Crippen molar-refractivity contribution in [2.75, 3.05) is 13.2 Å². The highest BCUT2D eigenvalue weighted by Gasteiger charge is 2.34. The Morgan fingerprint density at radius 3 is 2.57 bits per heavy atom. The number of hydrogen-bond acceptors (Lipinski definition) is 5. The molecule has 2 unspecified atom stereocenters. The highest BCUT2D eigenvalue weighted by atomic mass is 19.1. The molecule has 1 saturated heterocycles. The van der Waals surface area contributed by atoms with Crippen LogP contribution in [-0.4, -0.2) is 29.4 Å². The average Bonchev–Trinajstić information content (AvgIpc) is 3.07. The van der Waals surface area contributed by atoms with Gasteiger partial charge in [0.05, 0.1) is 24.5 Å². The Balaban J connectivity index is 1.89. The third kappa shape index (κ3) is 2.56. The summed E-state index contributed by atoms with van der Waals surface area (Å²) in [7, 11) is 0. The van der Waals surface area contributed by atoms with Crippen LogP contribution in [0.3, 0.4) is 0 Å². The number of benzene rings is 1. The maximum atomic E-state index is 13.1. The van der Waals surface area contributed by atoms with Gasteiger partial charge in [-0.1, -0.05) is 17.3 Å². The topological polar surface area (TPSA) is 74.2 Å². The van der Waals surface area contributed by atoms with Gasteiger partial charge >= 0.3 is 0 Å². The number of nitrogens with two attached hydrogens (primary N) is 1. The van der Waals surface area contributed by atoms with Gasteiger partial charge in [-0.25, -0.2) is 4.39 Å². The molecule has 2 atom stereocenters. The van der Waals surface area contributed by atoms with Crippen molar-refractivity contribution < 1.29 is 13.7 Å². The van der Waals surface area contributed by atoms with Crippen molar-refractivity contribution in [2.45, 2.75) is 31.2 Å². The van der Waals surface area contributed by atoms with Crippen molar-refractivity contribution in [1.29, 1.82) is 0 Å². The lowest BCUT2D eigenvalue weighted by atomic mass is 9.84. The Kier molecular flexibility index (Phi) is 3.51. The molecule has 1 aliphatic heterocycles. The Labute approximate surface area is 122 Å². The molecule has 2 heterocycles. The van der Waals surface area contributed by atoms with Crippen LogP contribution < -0.4 is 5.73 Å². The second-order valence-electron chi connectivity index (χ2n) is 5.90. The first-order valence-corrected chi connectivity index (χ1v) is 6.92. The average molecular weight is 291 g/mol. The summed E-state index contributed by atoms with van der Waals surface area (Å²) in [5.74, 6) is 0.737. The van der Waals surface area contributed by atoms with Crippen molar-refractivity contribution in [2.24, 2.45) is 5.73 Å². The Morgan fingerprint density at radius 1 is 1.24 bits per heavy atom. The Hall–Kier alpha value is -1.79. The van der Waals surface area contributed by atoms with Crippen LogP contribution in [0.4, 0.5) is 4.39 Å². The molecule has 0 radical (unpaired) electrons. The Morgan fingerprint density at radius 2 is 1.95 bits per heavy atom. The maximum Gasteiger partial charge on any atom is 0.233 e. The number of aromatic nitrogens is 2. The van der Waals surface area contributed by atoms with E-state index < -0.39 is 5.41 Å². The van der Waals surface area contributed by atoms with Crippen LogP contribution in [0.5, 0.6) is 0 Å². The molecule has 21 heavy (non-hydrogen) atoms. The van der Waals surface area contributed by atoms with E-state index in [1.165, 1.54) is 12.1 Å². The van der Waals surface area contributed by atoms with Crippen LogP contribution in [0.2, 0.25) is 0 Å². The van der Waals surface area contributed by atoms with E-state index in [2.05, 4.69) is 10.1 Å². The molecular weight excluding hydrogens is 273 g/mol. The van der Waals surface area contributed by atoms with Gasteiger partial charge in [-0.05, 0) is 31.5 Å². The third-order valence-corrected chi connectivity index (χ3v) is 4.01. The van der Waals surface area contributed by atoms with Crippen molar-refractivity contribution in [3.05, 3.63) is 47.4 Å². The van der Waals surface area contributed by atoms with Crippen molar-refractivity contribution in [3.63, 3.8) is 0 Å². The quantitative estimate of drug-likeness (QED) is 0.936. The van der Waals surface area contributed by atoms with Gasteiger partial charge in [0.1, 0.15) is 5.82 Å². The molecule has 112 valence electrons. The van der Waals surface area contributed by atoms with E-state index in [-0.39, 0.29) is 17.8 Å². The molecule has 2 aromatic rings. The van der Waals surface area contributed by atoms with Gasteiger partial charge in [-0.3, -0.25) is 0 Å². The fourth-order valence-corrected chi connectivity index (χ4v) is 2.46. The normalized spacial score (nSPS) is 22.7. The van der Waals surface area contributed by atoms with Crippen LogP contribution in [-0.2, 0) is 10.2 Å². The summed E-state index contributed by atoms with van der Waals surface area (Å²) in [6.45, 7) is 4.95. The van der Waals surface area contributed by atoms with E-state index in [0.717, 1.165) is 5.56 Å². The molecule has 6 heteroatoms. The minimum absolute atomic E-state index is 0.0599. The highest BCUT2D eigenvalue weighted by Crippen LogP contribution is 2.31. The molecule has 3 rings (SSSR count). The molecule has 0 saturated carbocycles. The van der Waals surface area contributed by atoms with Gasteiger partial charge in [0.15, 0.2) is 5.82 Å². The number of rotatable bonds is 3. The molecule has 5 nitrogen and oxygen atoms in total. The first kappa shape index (κ1) is 14.2. The van der Waals surface area contributed by atoms with E-state index in [9.17, 15) is 4.39 Å². The molecule has 0 amide bonds. The van der Waals surface area contributed by atoms with Crippen molar-refractivity contribution >= 4 is 0 Å². The summed E-state index contributed by atoms with van der Waals surface area (Å²) >= 11 is 0. The lowest BCUT2D eigenvalue weighted by molar-refractivity contribution is 0.187. The van der Waals surface area contributed by atoms with E-state index in [1.807, 2.05) is 13.8 Å². The second kappa shape index (κ2) is 5.20. The van der Waals surface area contributed by atoms with Crippen LogP contribution in [0.1, 0.15) is 37.0 Å². The predicted molar refractivity (Wildman–Crippen MR) is 74.4 cm³/mol. The predicted octanol–water partition coefficient (Wildman–Crippen LogP) is 1.98. The number of halogens is 1. The smallest absolute Gasteiger partial charge is 0.233 e. The van der Waals surface area contributed by atoms with Gasteiger partial charge in [0, 0.05) is 6.04 Å². The van der Waals surface area contributed by atoms with Crippen molar-refractivity contribution in [1.82, 2.24) is 10.1 Å². The van der Waals surface area contributed by atoms with Gasteiger partial charge in [-0.2, -0.15) is 4.98 Å². The second-order valence-corrected chi connectivity index (χ2v) is 5.90. The minimum atomic E-state index is -0.473. The Bertz CT molecular complexity index is 624. The summed E-state index contributed by atoms with van der Waals surface area (Å²) in [5, 5.41) is 4.07. The minimum Gasteiger partial charge on any atom is -0.379 e. The molecule has 1 aromatic carbocycles. The fourth-order valence-electron chi connectivity index (χ4n) is 2.46. The molecule has 1 fully saturated rings. The van der Waals surface area contributed by atoms with Gasteiger partial charge < -0.3 is 15.0 Å². The van der Waals surface area contributed by atoms with Crippen LogP contribution in [0.25, 0.3) is 0 Å². The monoisotopic (exact) mass is 291 g/mol. The van der Waals surface area contributed by atoms with Crippen LogP contribution in [0, 0.1) is 5.82 Å². The van der Waals surface area contributed by atoms with Gasteiger partial charge in [-0.15, -0.1) is 0 Å². The molecule has 2 N–H and O–H groups in total. The standard InChI is InChI=1S/C15H18FN3O2/c1-15(2,9-3-5-10(16)6-4-9)14-18-13(21-19-14)11-7-20-8-12(11)17/h3-6,11-12H,7-8,17H2,1-2H3. The molecular formula is C15H18FN3O2. The van der Waals surface area contributed by atoms with Crippen molar-refractivity contribution in [3.8, 4) is 0 Å². The lowest BCUT2D eigenvalue weighted by Gasteiger charge is -2.20. The molecule has 0 aliphatic carbocycles. The zero-order valence-corrected chi connectivity index (χ0v) is 12.0. The zero-order chi connectivity index (χ0) is 15.0. The number of hydrogen-bond donors (Lipinski definition) is 1. The summed E-state index contributed by atoms with van der Waals surface area (Å²) in [4.78, 5) is 4.48. The largest absolute Gasteiger partial charge is 0.379 e. The summed E-state index contributed by atoms with van der Waals surface area (Å²) in [6, 6.07) is 6.20. The number of nitrogens with zero attached hydrogens (tertiary/aromatic N) is 2. The maximum absolute atomic E-state index is 13.1. The molecule has 1 aliphatic rings. The fraction of sp³-hybridized carbons (Fsp3) is 0.467. The summed E-state index contributed by atoms with van der Waals surface area (Å²) in [6.07, 6.45) is 0. The first-order chi connectivity index (χ1) is 9.98. The number of ether oxygens (including phenoxy) is 1. The van der Waals surface area contributed by atoms with E-state index >= 15 is 0 Å². The highest BCUT2D eigenvalue weighted by molar-refractivity contribution is 5.30. The third-order valence-electron chi connectivity index (χ3n) is 4.01. The van der Waals surface area contributed by atoms with Gasteiger partial charge in [0.2, 0.25) is 5.89 Å².